The van der Waals surface area contributed by atoms with Crippen LogP contribution in [0.4, 0.5) is 5.69 Å². The molecular weight excluding hydrogens is 458 g/mol. The highest BCUT2D eigenvalue weighted by atomic mass is 32.2. The van der Waals surface area contributed by atoms with E-state index in [9.17, 15) is 13.2 Å². The fourth-order valence-corrected chi connectivity index (χ4v) is 4.60. The van der Waals surface area contributed by atoms with Crippen molar-refractivity contribution in [1.82, 2.24) is 4.72 Å². The molecule has 0 unspecified atom stereocenters. The van der Waals surface area contributed by atoms with E-state index in [4.69, 9.17) is 14.2 Å². The molecule has 0 fully saturated rings. The highest BCUT2D eigenvalue weighted by Crippen LogP contribution is 2.38. The van der Waals surface area contributed by atoms with Crippen LogP contribution in [0.1, 0.15) is 31.2 Å². The van der Waals surface area contributed by atoms with Crippen molar-refractivity contribution in [3.05, 3.63) is 48.0 Å². The summed E-state index contributed by atoms with van der Waals surface area (Å²) >= 11 is 0. The molecule has 0 radical (unpaired) electrons. The molecule has 34 heavy (non-hydrogen) atoms. The van der Waals surface area contributed by atoms with Crippen LogP contribution in [0.25, 0.3) is 6.08 Å². The Bertz CT molecular complexity index is 1170. The van der Waals surface area contributed by atoms with Crippen LogP contribution in [0.5, 0.6) is 17.2 Å². The van der Waals surface area contributed by atoms with Gasteiger partial charge in [0, 0.05) is 24.7 Å². The molecule has 9 nitrogen and oxygen atoms in total. The lowest BCUT2D eigenvalue weighted by Gasteiger charge is -2.12. The molecule has 1 amide bonds. The largest absolute Gasteiger partial charge is 0.493 e. The van der Waals surface area contributed by atoms with E-state index in [1.807, 2.05) is 0 Å². The number of sulfonamides is 1. The maximum Gasteiger partial charge on any atom is 0.262 e. The molecule has 1 aliphatic rings. The van der Waals surface area contributed by atoms with Gasteiger partial charge in [0.25, 0.3) is 10.0 Å². The van der Waals surface area contributed by atoms with Gasteiger partial charge in [0.15, 0.2) is 11.5 Å². The number of nitrogens with zero attached hydrogens (tertiary/aromatic N) is 1. The lowest BCUT2D eigenvalue weighted by atomic mass is 10.1. The molecule has 2 N–H and O–H groups in total. The van der Waals surface area contributed by atoms with Gasteiger partial charge in [-0.3, -0.25) is 14.5 Å². The minimum absolute atomic E-state index is 0.0471. The van der Waals surface area contributed by atoms with Crippen molar-refractivity contribution in [1.29, 1.82) is 0 Å². The molecular formula is C24H29N3O6S. The van der Waals surface area contributed by atoms with Crippen molar-refractivity contribution in [2.24, 2.45) is 4.99 Å². The molecule has 1 aliphatic heterocycles. The van der Waals surface area contributed by atoms with Gasteiger partial charge in [-0.05, 0) is 54.8 Å². The quantitative estimate of drug-likeness (QED) is 0.550. The van der Waals surface area contributed by atoms with Gasteiger partial charge in [-0.25, -0.2) is 8.42 Å². The summed E-state index contributed by atoms with van der Waals surface area (Å²) in [6, 6.07) is 9.49. The fraction of sp³-hybridized carbons (Fsp3) is 0.333. The normalized spacial score (nSPS) is 14.1. The standard InChI is InChI=1S/C24H29N3O6S/c1-31-20-14-17(15-21(32-2)24(20)33-3)11-12-23(28)26-18-8-7-9-19(16-18)34(29,30)27-22-10-5-4-6-13-25-22/h7-9,11-12,14-16H,4-6,10,13H2,1-3H3,(H,25,27)(H,26,28)/b12-11+. The van der Waals surface area contributed by atoms with E-state index < -0.39 is 15.9 Å². The number of amides is 1. The van der Waals surface area contributed by atoms with Gasteiger partial charge in [-0.1, -0.05) is 12.5 Å². The van der Waals surface area contributed by atoms with Gasteiger partial charge in [-0.15, -0.1) is 0 Å². The Labute approximate surface area is 199 Å². The first kappa shape index (κ1) is 25.1. The van der Waals surface area contributed by atoms with Crippen LogP contribution in [-0.2, 0) is 14.8 Å². The minimum atomic E-state index is -3.80. The second-order valence-electron chi connectivity index (χ2n) is 7.55. The van der Waals surface area contributed by atoms with Gasteiger partial charge in [0.2, 0.25) is 11.7 Å². The first-order chi connectivity index (χ1) is 16.4. The molecule has 2 aromatic rings. The van der Waals surface area contributed by atoms with Crippen molar-refractivity contribution in [3.8, 4) is 17.2 Å². The van der Waals surface area contributed by atoms with Crippen molar-refractivity contribution in [3.63, 3.8) is 0 Å². The molecule has 0 atom stereocenters. The molecule has 0 bridgehead atoms. The zero-order valence-electron chi connectivity index (χ0n) is 19.5. The average Bonchev–Trinajstić information content (AvgIpc) is 3.10. The summed E-state index contributed by atoms with van der Waals surface area (Å²) in [5, 5.41) is 2.68. The summed E-state index contributed by atoms with van der Waals surface area (Å²) < 4.78 is 44.1. The number of rotatable bonds is 8. The van der Waals surface area contributed by atoms with Crippen LogP contribution in [0.2, 0.25) is 0 Å². The lowest BCUT2D eigenvalue weighted by molar-refractivity contribution is -0.111. The van der Waals surface area contributed by atoms with Crippen molar-refractivity contribution < 1.29 is 27.4 Å². The Balaban J connectivity index is 1.72. The van der Waals surface area contributed by atoms with Crippen LogP contribution in [0.15, 0.2) is 52.4 Å². The van der Waals surface area contributed by atoms with E-state index in [-0.39, 0.29) is 4.90 Å². The van der Waals surface area contributed by atoms with E-state index in [0.717, 1.165) is 19.3 Å². The van der Waals surface area contributed by atoms with Gasteiger partial charge >= 0.3 is 0 Å². The maximum atomic E-state index is 12.8. The second-order valence-corrected chi connectivity index (χ2v) is 9.24. The molecule has 0 saturated carbocycles. The lowest BCUT2D eigenvalue weighted by Crippen LogP contribution is -2.30. The molecule has 0 saturated heterocycles. The number of hydrogen-bond acceptors (Lipinski definition) is 7. The number of hydrogen-bond donors (Lipinski definition) is 2. The van der Waals surface area contributed by atoms with Gasteiger partial charge in [-0.2, -0.15) is 0 Å². The highest BCUT2D eigenvalue weighted by molar-refractivity contribution is 7.90. The van der Waals surface area contributed by atoms with Gasteiger partial charge < -0.3 is 19.5 Å². The van der Waals surface area contributed by atoms with Gasteiger partial charge in [0.1, 0.15) is 5.84 Å². The molecule has 0 spiro atoms. The number of anilines is 1. The Morgan fingerprint density at radius 2 is 1.74 bits per heavy atom. The summed E-state index contributed by atoms with van der Waals surface area (Å²) in [4.78, 5) is 16.8. The molecule has 3 rings (SSSR count). The van der Waals surface area contributed by atoms with Gasteiger partial charge in [0.05, 0.1) is 26.2 Å². The first-order valence-corrected chi connectivity index (χ1v) is 12.3. The van der Waals surface area contributed by atoms with Crippen LogP contribution >= 0.6 is 0 Å². The summed E-state index contributed by atoms with van der Waals surface area (Å²) in [5.74, 6) is 1.42. The molecule has 1 heterocycles. The maximum absolute atomic E-state index is 12.8. The molecule has 0 aromatic heterocycles. The number of ether oxygens (including phenoxy) is 3. The van der Waals surface area contributed by atoms with E-state index >= 15 is 0 Å². The number of amidine groups is 1. The number of aliphatic imine (C=N–C) groups is 1. The predicted molar refractivity (Wildman–Crippen MR) is 131 cm³/mol. The molecule has 2 aromatic carbocycles. The van der Waals surface area contributed by atoms with Crippen molar-refractivity contribution >= 4 is 33.5 Å². The number of benzene rings is 2. The van der Waals surface area contributed by atoms with E-state index in [2.05, 4.69) is 15.0 Å². The summed E-state index contributed by atoms with van der Waals surface area (Å²) in [6.07, 6.45) is 6.40. The Morgan fingerprint density at radius 1 is 1.00 bits per heavy atom. The smallest absolute Gasteiger partial charge is 0.262 e. The van der Waals surface area contributed by atoms with Crippen LogP contribution < -0.4 is 24.2 Å². The van der Waals surface area contributed by atoms with Crippen LogP contribution in [-0.4, -0.2) is 48.0 Å². The van der Waals surface area contributed by atoms with E-state index in [1.165, 1.54) is 39.5 Å². The molecule has 182 valence electrons. The summed E-state index contributed by atoms with van der Waals surface area (Å²) in [5.41, 5.74) is 1.01. The SMILES string of the molecule is COc1cc(/C=C/C(=O)Nc2cccc(S(=O)(=O)NC3=NCCCCC3)c2)cc(OC)c1OC. The predicted octanol–water partition coefficient (Wildman–Crippen LogP) is 3.62. The zero-order chi connectivity index (χ0) is 24.6. The number of nitrogens with one attached hydrogen (secondary N) is 2. The van der Waals surface area contributed by atoms with Crippen molar-refractivity contribution in [2.45, 2.75) is 30.6 Å². The average molecular weight is 488 g/mol. The van der Waals surface area contributed by atoms with Crippen LogP contribution in [0.3, 0.4) is 0 Å². The zero-order valence-corrected chi connectivity index (χ0v) is 20.3. The second kappa shape index (κ2) is 11.6. The minimum Gasteiger partial charge on any atom is -0.493 e. The van der Waals surface area contributed by atoms with Crippen molar-refractivity contribution in [2.75, 3.05) is 33.2 Å². The highest BCUT2D eigenvalue weighted by Gasteiger charge is 2.18. The summed E-state index contributed by atoms with van der Waals surface area (Å²) in [6.45, 7) is 0.617. The molecule has 10 heteroatoms. The topological polar surface area (TPSA) is 115 Å². The molecule has 0 aliphatic carbocycles. The summed E-state index contributed by atoms with van der Waals surface area (Å²) in [7, 11) is 0.729. The Morgan fingerprint density at radius 3 is 2.41 bits per heavy atom. The Hall–Kier alpha value is -3.53. The third-order valence-electron chi connectivity index (χ3n) is 5.15. The van der Waals surface area contributed by atoms with E-state index in [1.54, 1.807) is 30.3 Å². The third kappa shape index (κ3) is 6.50. The number of methoxy groups -OCH3 is 3. The number of carbonyl (C=O) groups excluding carboxylic acids is 1. The van der Waals surface area contributed by atoms with Crippen LogP contribution in [0, 0.1) is 0 Å². The number of carbonyl (C=O) groups is 1. The third-order valence-corrected chi connectivity index (χ3v) is 6.53. The van der Waals surface area contributed by atoms with E-state index in [0.29, 0.717) is 47.3 Å². The monoisotopic (exact) mass is 487 g/mol. The first-order valence-electron chi connectivity index (χ1n) is 10.8. The Kier molecular flexibility index (Phi) is 8.53. The fourth-order valence-electron chi connectivity index (χ4n) is 3.47.